The monoisotopic (exact) mass is 410 g/mol. The van der Waals surface area contributed by atoms with Crippen LogP contribution in [0.1, 0.15) is 47.2 Å². The fourth-order valence-corrected chi connectivity index (χ4v) is 4.58. The van der Waals surface area contributed by atoms with Crippen LogP contribution in [0.5, 0.6) is 0 Å². The molecular formula is C24H27ClN2O2. The number of benzene rings is 2. The molecule has 0 atom stereocenters. The van der Waals surface area contributed by atoms with E-state index in [2.05, 4.69) is 0 Å². The van der Waals surface area contributed by atoms with Gasteiger partial charge in [-0.25, -0.2) is 0 Å². The largest absolute Gasteiger partial charge is 0.339 e. The Bertz CT molecular complexity index is 902. The van der Waals surface area contributed by atoms with Gasteiger partial charge in [0.2, 0.25) is 5.91 Å². The molecule has 1 saturated heterocycles. The molecule has 4 rings (SSSR count). The predicted octanol–water partition coefficient (Wildman–Crippen LogP) is 4.87. The normalized spacial score (nSPS) is 17.6. The molecule has 2 amide bonds. The molecule has 0 bridgehead atoms. The Hall–Kier alpha value is -2.33. The van der Waals surface area contributed by atoms with Crippen molar-refractivity contribution in [3.63, 3.8) is 0 Å². The van der Waals surface area contributed by atoms with Gasteiger partial charge in [-0.05, 0) is 74.9 Å². The van der Waals surface area contributed by atoms with Crippen molar-refractivity contribution in [3.05, 3.63) is 64.2 Å². The molecule has 2 aromatic carbocycles. The zero-order chi connectivity index (χ0) is 20.4. The van der Waals surface area contributed by atoms with Crippen molar-refractivity contribution >= 4 is 29.1 Å². The van der Waals surface area contributed by atoms with E-state index in [-0.39, 0.29) is 17.7 Å². The highest BCUT2D eigenvalue weighted by Crippen LogP contribution is 2.32. The third-order valence-corrected chi connectivity index (χ3v) is 6.34. The van der Waals surface area contributed by atoms with Gasteiger partial charge in [0.25, 0.3) is 5.91 Å². The van der Waals surface area contributed by atoms with E-state index in [9.17, 15) is 9.59 Å². The van der Waals surface area contributed by atoms with Gasteiger partial charge >= 0.3 is 0 Å². The molecule has 0 radical (unpaired) electrons. The topological polar surface area (TPSA) is 40.6 Å². The summed E-state index contributed by atoms with van der Waals surface area (Å²) < 4.78 is 0. The van der Waals surface area contributed by atoms with Crippen LogP contribution >= 0.6 is 11.6 Å². The highest BCUT2D eigenvalue weighted by atomic mass is 35.5. The first kappa shape index (κ1) is 20.0. The summed E-state index contributed by atoms with van der Waals surface area (Å²) in [4.78, 5) is 29.9. The second-order valence-corrected chi connectivity index (χ2v) is 8.59. The fourth-order valence-electron chi connectivity index (χ4n) is 4.38. The van der Waals surface area contributed by atoms with Crippen LogP contribution in [0.15, 0.2) is 42.5 Å². The van der Waals surface area contributed by atoms with Crippen LogP contribution in [0, 0.1) is 12.8 Å². The molecule has 2 aromatic rings. The average Bonchev–Trinajstić information content (AvgIpc) is 2.95. The molecule has 0 N–H and O–H groups in total. The highest BCUT2D eigenvalue weighted by molar-refractivity contribution is 6.30. The zero-order valence-corrected chi connectivity index (χ0v) is 17.6. The SMILES string of the molecule is Cc1ccc(C(=O)N2CCC(C(=O)N3CCCCc4cc(Cl)ccc43)CC2)cc1. The van der Waals surface area contributed by atoms with Gasteiger partial charge in [-0.3, -0.25) is 9.59 Å². The third kappa shape index (κ3) is 4.32. The van der Waals surface area contributed by atoms with Gasteiger partial charge < -0.3 is 9.80 Å². The summed E-state index contributed by atoms with van der Waals surface area (Å²) in [6.45, 7) is 4.03. The Morgan fingerprint density at radius 2 is 1.69 bits per heavy atom. The van der Waals surface area contributed by atoms with Crippen molar-refractivity contribution < 1.29 is 9.59 Å². The smallest absolute Gasteiger partial charge is 0.253 e. The van der Waals surface area contributed by atoms with Crippen molar-refractivity contribution in [1.29, 1.82) is 0 Å². The summed E-state index contributed by atoms with van der Waals surface area (Å²) in [5.74, 6) is 0.224. The van der Waals surface area contributed by atoms with Gasteiger partial charge in [0, 0.05) is 41.8 Å². The van der Waals surface area contributed by atoms with Crippen molar-refractivity contribution in [1.82, 2.24) is 4.90 Å². The number of rotatable bonds is 2. The molecule has 0 unspecified atom stereocenters. The molecule has 2 aliphatic heterocycles. The lowest BCUT2D eigenvalue weighted by Crippen LogP contribution is -2.44. The minimum atomic E-state index is -0.0290. The second kappa shape index (κ2) is 8.58. The maximum absolute atomic E-state index is 13.3. The number of anilines is 1. The number of hydrogen-bond donors (Lipinski definition) is 0. The number of amides is 2. The Kier molecular flexibility index (Phi) is 5.91. The van der Waals surface area contributed by atoms with Crippen LogP contribution in [0.2, 0.25) is 5.02 Å². The van der Waals surface area contributed by atoms with E-state index in [0.29, 0.717) is 13.1 Å². The molecule has 29 heavy (non-hydrogen) atoms. The molecule has 0 spiro atoms. The number of piperidine rings is 1. The number of hydrogen-bond acceptors (Lipinski definition) is 2. The molecule has 152 valence electrons. The summed E-state index contributed by atoms with van der Waals surface area (Å²) in [5.41, 5.74) is 4.04. The summed E-state index contributed by atoms with van der Waals surface area (Å²) >= 11 is 6.17. The van der Waals surface area contributed by atoms with E-state index >= 15 is 0 Å². The van der Waals surface area contributed by atoms with E-state index < -0.39 is 0 Å². The molecule has 0 aromatic heterocycles. The Balaban J connectivity index is 1.43. The number of carbonyl (C=O) groups is 2. The maximum atomic E-state index is 13.3. The van der Waals surface area contributed by atoms with E-state index in [1.807, 2.05) is 59.2 Å². The Morgan fingerprint density at radius 3 is 2.41 bits per heavy atom. The quantitative estimate of drug-likeness (QED) is 0.708. The fraction of sp³-hybridized carbons (Fsp3) is 0.417. The number of nitrogens with zero attached hydrogens (tertiary/aromatic N) is 2. The van der Waals surface area contributed by atoms with Crippen LogP contribution in [-0.2, 0) is 11.2 Å². The first-order valence-electron chi connectivity index (χ1n) is 10.5. The van der Waals surface area contributed by atoms with Gasteiger partial charge in [-0.1, -0.05) is 29.3 Å². The Morgan fingerprint density at radius 1 is 0.966 bits per heavy atom. The third-order valence-electron chi connectivity index (χ3n) is 6.11. The minimum absolute atomic E-state index is 0.0290. The average molecular weight is 411 g/mol. The number of aryl methyl sites for hydroxylation is 2. The van der Waals surface area contributed by atoms with Crippen LogP contribution in [0.3, 0.4) is 0 Å². The van der Waals surface area contributed by atoms with Crippen LogP contribution in [-0.4, -0.2) is 36.3 Å². The number of likely N-dealkylation sites (tertiary alicyclic amines) is 1. The molecule has 0 aliphatic carbocycles. The second-order valence-electron chi connectivity index (χ2n) is 8.15. The molecule has 1 fully saturated rings. The van der Waals surface area contributed by atoms with Gasteiger partial charge in [-0.15, -0.1) is 0 Å². The van der Waals surface area contributed by atoms with Crippen LogP contribution in [0.25, 0.3) is 0 Å². The molecule has 0 saturated carbocycles. The van der Waals surface area contributed by atoms with Crippen molar-refractivity contribution in [2.24, 2.45) is 5.92 Å². The van der Waals surface area contributed by atoms with Crippen molar-refractivity contribution in [3.8, 4) is 0 Å². The van der Waals surface area contributed by atoms with Crippen LogP contribution in [0.4, 0.5) is 5.69 Å². The molecule has 5 heteroatoms. The highest BCUT2D eigenvalue weighted by Gasteiger charge is 2.32. The number of halogens is 1. The number of fused-ring (bicyclic) bond motifs is 1. The number of carbonyl (C=O) groups excluding carboxylic acids is 2. The molecular weight excluding hydrogens is 384 g/mol. The Labute approximate surface area is 177 Å². The zero-order valence-electron chi connectivity index (χ0n) is 16.9. The molecule has 2 aliphatic rings. The van der Waals surface area contributed by atoms with Crippen molar-refractivity contribution in [2.75, 3.05) is 24.5 Å². The summed E-state index contributed by atoms with van der Waals surface area (Å²) in [7, 11) is 0. The summed E-state index contributed by atoms with van der Waals surface area (Å²) in [6.07, 6.45) is 4.47. The lowest BCUT2D eigenvalue weighted by atomic mass is 9.94. The summed E-state index contributed by atoms with van der Waals surface area (Å²) in [6, 6.07) is 13.5. The van der Waals surface area contributed by atoms with Gasteiger partial charge in [-0.2, -0.15) is 0 Å². The maximum Gasteiger partial charge on any atom is 0.253 e. The molecule has 4 nitrogen and oxygen atoms in total. The lowest BCUT2D eigenvalue weighted by molar-refractivity contribution is -0.123. The van der Waals surface area contributed by atoms with Crippen molar-refractivity contribution in [2.45, 2.75) is 39.0 Å². The van der Waals surface area contributed by atoms with E-state index in [1.54, 1.807) is 0 Å². The van der Waals surface area contributed by atoms with Gasteiger partial charge in [0.15, 0.2) is 0 Å². The standard InChI is InChI=1S/C24H27ClN2O2/c1-17-5-7-18(8-6-17)23(28)26-14-11-19(12-15-26)24(29)27-13-3-2-4-20-16-21(25)9-10-22(20)27/h5-10,16,19H,2-4,11-15H2,1H3. The first-order valence-corrected chi connectivity index (χ1v) is 10.9. The van der Waals surface area contributed by atoms with E-state index in [1.165, 1.54) is 0 Å². The first-order chi connectivity index (χ1) is 14.0. The minimum Gasteiger partial charge on any atom is -0.339 e. The molecule has 2 heterocycles. The predicted molar refractivity (Wildman–Crippen MR) is 117 cm³/mol. The van der Waals surface area contributed by atoms with E-state index in [4.69, 9.17) is 11.6 Å². The lowest BCUT2D eigenvalue weighted by Gasteiger charge is -2.34. The van der Waals surface area contributed by atoms with Gasteiger partial charge in [0.1, 0.15) is 0 Å². The van der Waals surface area contributed by atoms with E-state index in [0.717, 1.165) is 66.0 Å². The van der Waals surface area contributed by atoms with Crippen LogP contribution < -0.4 is 4.90 Å². The summed E-state index contributed by atoms with van der Waals surface area (Å²) in [5, 5.41) is 0.723. The van der Waals surface area contributed by atoms with Gasteiger partial charge in [0.05, 0.1) is 0 Å².